The highest BCUT2D eigenvalue weighted by atomic mass is 16.5. The summed E-state index contributed by atoms with van der Waals surface area (Å²) in [5.41, 5.74) is 1.16. The van der Waals surface area contributed by atoms with Crippen LogP contribution >= 0.6 is 0 Å². The summed E-state index contributed by atoms with van der Waals surface area (Å²) in [6.45, 7) is 4.34. The van der Waals surface area contributed by atoms with Crippen LogP contribution in [0.4, 0.5) is 0 Å². The van der Waals surface area contributed by atoms with Crippen LogP contribution in [0.15, 0.2) is 35.6 Å². The molecule has 0 saturated heterocycles. The third-order valence-corrected chi connectivity index (χ3v) is 4.93. The largest absolute Gasteiger partial charge is 0.497 e. The topological polar surface area (TPSA) is 76.4 Å². The van der Waals surface area contributed by atoms with E-state index in [9.17, 15) is 0 Å². The number of aliphatic imine (C=N–C) groups is 1. The summed E-state index contributed by atoms with van der Waals surface area (Å²) in [4.78, 5) is 4.79. The Morgan fingerprint density at radius 2 is 2.04 bits per heavy atom. The number of rotatable bonds is 8. The van der Waals surface area contributed by atoms with E-state index in [0.29, 0.717) is 12.6 Å². The Balaban J connectivity index is 1.58. The highest BCUT2D eigenvalue weighted by Gasteiger charge is 2.16. The number of nitrogens with zero attached hydrogens (tertiary/aromatic N) is 4. The van der Waals surface area contributed by atoms with Crippen LogP contribution in [0.25, 0.3) is 0 Å². The molecule has 2 N–H and O–H groups in total. The second kappa shape index (κ2) is 9.94. The van der Waals surface area contributed by atoms with E-state index in [1.165, 1.54) is 25.7 Å². The van der Waals surface area contributed by atoms with Crippen LogP contribution in [0.2, 0.25) is 0 Å². The Kier molecular flexibility index (Phi) is 7.07. The molecule has 0 aliphatic heterocycles. The van der Waals surface area contributed by atoms with Gasteiger partial charge in [-0.25, -0.2) is 4.99 Å². The van der Waals surface area contributed by atoms with E-state index in [2.05, 4.69) is 44.5 Å². The molecule has 3 rings (SSSR count). The molecule has 1 aromatic carbocycles. The Bertz CT molecular complexity index is 718. The van der Waals surface area contributed by atoms with Crippen LogP contribution in [0.5, 0.6) is 5.75 Å². The monoisotopic (exact) mass is 370 g/mol. The second-order valence-electron chi connectivity index (χ2n) is 6.86. The lowest BCUT2D eigenvalue weighted by molar-refractivity contribution is 0.414. The molecular formula is C20H30N6O. The van der Waals surface area contributed by atoms with Gasteiger partial charge < -0.3 is 19.9 Å². The molecule has 1 aromatic heterocycles. The fraction of sp³-hybridized carbons (Fsp3) is 0.550. The lowest BCUT2D eigenvalue weighted by atomic mass is 10.2. The predicted octanol–water partition coefficient (Wildman–Crippen LogP) is 2.53. The summed E-state index contributed by atoms with van der Waals surface area (Å²) < 4.78 is 7.30. The minimum atomic E-state index is 0.522. The van der Waals surface area contributed by atoms with Crippen molar-refractivity contribution in [3.63, 3.8) is 0 Å². The van der Waals surface area contributed by atoms with E-state index in [1.54, 1.807) is 13.4 Å². The molecule has 146 valence electrons. The first-order chi connectivity index (χ1) is 13.3. The van der Waals surface area contributed by atoms with Gasteiger partial charge in [0.1, 0.15) is 17.9 Å². The Morgan fingerprint density at radius 1 is 1.26 bits per heavy atom. The van der Waals surface area contributed by atoms with Gasteiger partial charge in [0.2, 0.25) is 0 Å². The Hall–Kier alpha value is -2.57. The van der Waals surface area contributed by atoms with Gasteiger partial charge in [-0.15, -0.1) is 10.2 Å². The molecule has 0 unspecified atom stereocenters. The summed E-state index contributed by atoms with van der Waals surface area (Å²) in [5, 5.41) is 15.2. The van der Waals surface area contributed by atoms with E-state index in [-0.39, 0.29) is 0 Å². The number of methoxy groups -OCH3 is 1. The summed E-state index contributed by atoms with van der Waals surface area (Å²) in [6.07, 6.45) is 7.70. The van der Waals surface area contributed by atoms with Crippen LogP contribution in [0.3, 0.4) is 0 Å². The smallest absolute Gasteiger partial charge is 0.191 e. The molecule has 7 heteroatoms. The van der Waals surface area contributed by atoms with Crippen molar-refractivity contribution in [1.82, 2.24) is 25.4 Å². The van der Waals surface area contributed by atoms with E-state index in [1.807, 2.05) is 12.1 Å². The van der Waals surface area contributed by atoms with Crippen molar-refractivity contribution in [2.75, 3.05) is 13.7 Å². The Labute approximate surface area is 161 Å². The number of guanidine groups is 1. The summed E-state index contributed by atoms with van der Waals surface area (Å²) in [5.74, 6) is 2.76. The highest BCUT2D eigenvalue weighted by Crippen LogP contribution is 2.17. The molecule has 1 saturated carbocycles. The molecule has 1 aliphatic carbocycles. The molecule has 0 radical (unpaired) electrons. The average molecular weight is 371 g/mol. The summed E-state index contributed by atoms with van der Waals surface area (Å²) in [7, 11) is 1.68. The van der Waals surface area contributed by atoms with Crippen LogP contribution < -0.4 is 15.4 Å². The van der Waals surface area contributed by atoms with Crippen LogP contribution in [0, 0.1) is 0 Å². The van der Waals surface area contributed by atoms with Gasteiger partial charge in [-0.3, -0.25) is 0 Å². The maximum atomic E-state index is 5.22. The van der Waals surface area contributed by atoms with Crippen LogP contribution in [-0.2, 0) is 19.5 Å². The molecule has 0 bridgehead atoms. The molecule has 1 heterocycles. The number of nitrogens with one attached hydrogen (secondary N) is 2. The minimum Gasteiger partial charge on any atom is -0.497 e. The van der Waals surface area contributed by atoms with Crippen molar-refractivity contribution >= 4 is 5.96 Å². The second-order valence-corrected chi connectivity index (χ2v) is 6.86. The molecule has 0 spiro atoms. The predicted molar refractivity (Wildman–Crippen MR) is 107 cm³/mol. The van der Waals surface area contributed by atoms with Crippen LogP contribution in [0.1, 0.15) is 44.0 Å². The number of aryl methyl sites for hydroxylation is 1. The van der Waals surface area contributed by atoms with E-state index in [0.717, 1.165) is 42.6 Å². The van der Waals surface area contributed by atoms with E-state index in [4.69, 9.17) is 9.73 Å². The van der Waals surface area contributed by atoms with E-state index >= 15 is 0 Å². The number of hydrogen-bond acceptors (Lipinski definition) is 4. The number of aromatic nitrogens is 3. The first-order valence-corrected chi connectivity index (χ1v) is 9.83. The van der Waals surface area contributed by atoms with Crippen molar-refractivity contribution in [3.8, 4) is 5.75 Å². The third-order valence-electron chi connectivity index (χ3n) is 4.93. The van der Waals surface area contributed by atoms with Crippen molar-refractivity contribution in [2.45, 2.75) is 58.2 Å². The normalized spacial score (nSPS) is 15.1. The quantitative estimate of drug-likeness (QED) is 0.552. The van der Waals surface area contributed by atoms with Gasteiger partial charge in [0.15, 0.2) is 5.96 Å². The van der Waals surface area contributed by atoms with Gasteiger partial charge in [0.05, 0.1) is 13.7 Å². The van der Waals surface area contributed by atoms with Crippen molar-refractivity contribution in [1.29, 1.82) is 0 Å². The standard InChI is InChI=1S/C20H30N6O/c1-3-19-25-23-15-26(19)13-12-21-20(24-17-6-4-5-7-17)22-14-16-8-10-18(27-2)11-9-16/h8-11,15,17H,3-7,12-14H2,1-2H3,(H2,21,22,24). The van der Waals surface area contributed by atoms with E-state index < -0.39 is 0 Å². The van der Waals surface area contributed by atoms with Gasteiger partial charge in [0, 0.05) is 25.6 Å². The average Bonchev–Trinajstić information content (AvgIpc) is 3.38. The SMILES string of the molecule is CCc1nncn1CCNC(=NCc1ccc(OC)cc1)NC1CCCC1. The van der Waals surface area contributed by atoms with Crippen molar-refractivity contribution in [3.05, 3.63) is 42.0 Å². The summed E-state index contributed by atoms with van der Waals surface area (Å²) >= 11 is 0. The molecule has 2 aromatic rings. The number of benzene rings is 1. The zero-order valence-electron chi connectivity index (χ0n) is 16.3. The molecule has 0 atom stereocenters. The number of hydrogen-bond donors (Lipinski definition) is 2. The van der Waals surface area contributed by atoms with Gasteiger partial charge in [-0.2, -0.15) is 0 Å². The van der Waals surface area contributed by atoms with Gasteiger partial charge in [-0.05, 0) is 30.5 Å². The van der Waals surface area contributed by atoms with Gasteiger partial charge in [0.25, 0.3) is 0 Å². The molecule has 7 nitrogen and oxygen atoms in total. The first kappa shape index (κ1) is 19.2. The van der Waals surface area contributed by atoms with Gasteiger partial charge in [-0.1, -0.05) is 31.9 Å². The molecule has 1 aliphatic rings. The third kappa shape index (κ3) is 5.70. The molecule has 0 amide bonds. The fourth-order valence-electron chi connectivity index (χ4n) is 3.35. The fourth-order valence-corrected chi connectivity index (χ4v) is 3.35. The highest BCUT2D eigenvalue weighted by molar-refractivity contribution is 5.80. The zero-order chi connectivity index (χ0) is 18.9. The lowest BCUT2D eigenvalue weighted by Gasteiger charge is -2.18. The molecular weight excluding hydrogens is 340 g/mol. The minimum absolute atomic E-state index is 0.522. The Morgan fingerprint density at radius 3 is 2.74 bits per heavy atom. The van der Waals surface area contributed by atoms with Crippen molar-refractivity contribution < 1.29 is 4.74 Å². The first-order valence-electron chi connectivity index (χ1n) is 9.83. The maximum Gasteiger partial charge on any atom is 0.191 e. The summed E-state index contributed by atoms with van der Waals surface area (Å²) in [6, 6.07) is 8.58. The van der Waals surface area contributed by atoms with Gasteiger partial charge >= 0.3 is 0 Å². The van der Waals surface area contributed by atoms with Crippen molar-refractivity contribution in [2.24, 2.45) is 4.99 Å². The number of ether oxygens (including phenoxy) is 1. The zero-order valence-corrected chi connectivity index (χ0v) is 16.3. The molecule has 1 fully saturated rings. The lowest BCUT2D eigenvalue weighted by Crippen LogP contribution is -2.43. The molecule has 27 heavy (non-hydrogen) atoms. The van der Waals surface area contributed by atoms with Crippen LogP contribution in [-0.4, -0.2) is 40.4 Å². The maximum absolute atomic E-state index is 5.22.